The van der Waals surface area contributed by atoms with Crippen molar-refractivity contribution < 1.29 is 4.79 Å². The monoisotopic (exact) mass is 310 g/mol. The number of hydrogen-bond acceptors (Lipinski definition) is 2. The second kappa shape index (κ2) is 9.06. The predicted molar refractivity (Wildman–Crippen MR) is 89.8 cm³/mol. The van der Waals surface area contributed by atoms with Gasteiger partial charge in [0.05, 0.1) is 6.04 Å². The summed E-state index contributed by atoms with van der Waals surface area (Å²) in [5.74, 6) is 0.851. The fourth-order valence-corrected chi connectivity index (χ4v) is 2.74. The number of carbonyl (C=O) groups excluding carboxylic acids is 1. The summed E-state index contributed by atoms with van der Waals surface area (Å²) in [7, 11) is 0. The summed E-state index contributed by atoms with van der Waals surface area (Å²) in [6, 6.07) is 8.61. The zero-order valence-corrected chi connectivity index (χ0v) is 13.8. The number of benzene rings is 1. The third-order valence-corrected chi connectivity index (χ3v) is 4.21. The Morgan fingerprint density at radius 2 is 2.10 bits per heavy atom. The van der Waals surface area contributed by atoms with E-state index in [1.54, 1.807) is 0 Å². The van der Waals surface area contributed by atoms with E-state index in [9.17, 15) is 4.79 Å². The molecule has 0 saturated carbocycles. The van der Waals surface area contributed by atoms with Crippen LogP contribution in [-0.4, -0.2) is 19.0 Å². The Morgan fingerprint density at radius 1 is 1.38 bits per heavy atom. The number of halogens is 1. The van der Waals surface area contributed by atoms with E-state index in [1.807, 2.05) is 0 Å². The first kappa shape index (κ1) is 18.0. The van der Waals surface area contributed by atoms with Crippen LogP contribution in [0.5, 0.6) is 0 Å². The van der Waals surface area contributed by atoms with Crippen LogP contribution in [0.2, 0.25) is 0 Å². The lowest BCUT2D eigenvalue weighted by Gasteiger charge is -2.15. The number of nitrogens with one attached hydrogen (secondary N) is 2. The van der Waals surface area contributed by atoms with Gasteiger partial charge in [-0.15, -0.1) is 12.4 Å². The molecule has 0 radical (unpaired) electrons. The predicted octanol–water partition coefficient (Wildman–Crippen LogP) is 3.24. The molecule has 0 spiro atoms. The number of rotatable bonds is 6. The van der Waals surface area contributed by atoms with Crippen molar-refractivity contribution in [1.29, 1.82) is 0 Å². The molecule has 0 aromatic heterocycles. The molecule has 1 aromatic rings. The van der Waals surface area contributed by atoms with E-state index in [4.69, 9.17) is 0 Å². The quantitative estimate of drug-likeness (QED) is 0.847. The van der Waals surface area contributed by atoms with Gasteiger partial charge in [0.15, 0.2) is 0 Å². The van der Waals surface area contributed by atoms with Gasteiger partial charge in [-0.2, -0.15) is 0 Å². The molecule has 2 N–H and O–H groups in total. The second-order valence-corrected chi connectivity index (χ2v) is 5.78. The van der Waals surface area contributed by atoms with E-state index in [1.165, 1.54) is 17.5 Å². The zero-order chi connectivity index (χ0) is 14.4. The van der Waals surface area contributed by atoms with Crippen molar-refractivity contribution in [3.8, 4) is 0 Å². The standard InChI is InChI=1S/C17H26N2O.ClH/c1-3-14-4-7-16(8-5-14)13(2)19-17(20)9-6-15-10-11-18-12-15;/h4-5,7-8,13,15,18H,3,6,9-12H2,1-2H3,(H,19,20);1H. The van der Waals surface area contributed by atoms with Gasteiger partial charge in [-0.25, -0.2) is 0 Å². The highest BCUT2D eigenvalue weighted by Crippen LogP contribution is 2.16. The summed E-state index contributed by atoms with van der Waals surface area (Å²) in [4.78, 5) is 12.0. The van der Waals surface area contributed by atoms with Gasteiger partial charge in [0.2, 0.25) is 5.91 Å². The molecule has 1 aromatic carbocycles. The van der Waals surface area contributed by atoms with E-state index in [0.717, 1.165) is 25.9 Å². The highest BCUT2D eigenvalue weighted by Gasteiger charge is 2.16. The normalized spacial score (nSPS) is 18.9. The average Bonchev–Trinajstić information content (AvgIpc) is 2.98. The smallest absolute Gasteiger partial charge is 0.220 e. The van der Waals surface area contributed by atoms with Crippen LogP contribution in [0.3, 0.4) is 0 Å². The Balaban J connectivity index is 0.00000220. The van der Waals surface area contributed by atoms with Crippen molar-refractivity contribution >= 4 is 18.3 Å². The molecular weight excluding hydrogens is 284 g/mol. The molecule has 2 rings (SSSR count). The lowest BCUT2D eigenvalue weighted by Crippen LogP contribution is -2.27. The molecular formula is C17H27ClN2O. The Labute approximate surface area is 134 Å². The van der Waals surface area contributed by atoms with Crippen molar-refractivity contribution in [2.24, 2.45) is 5.92 Å². The summed E-state index contributed by atoms with van der Waals surface area (Å²) in [5.41, 5.74) is 2.51. The highest BCUT2D eigenvalue weighted by atomic mass is 35.5. The van der Waals surface area contributed by atoms with Crippen molar-refractivity contribution in [2.45, 2.75) is 45.6 Å². The zero-order valence-electron chi connectivity index (χ0n) is 13.0. The van der Waals surface area contributed by atoms with Crippen LogP contribution in [-0.2, 0) is 11.2 Å². The number of amides is 1. The van der Waals surface area contributed by atoms with Gasteiger partial charge < -0.3 is 10.6 Å². The molecule has 2 unspecified atom stereocenters. The molecule has 0 aliphatic carbocycles. The van der Waals surface area contributed by atoms with Crippen LogP contribution in [0.4, 0.5) is 0 Å². The third kappa shape index (κ3) is 5.68. The maximum Gasteiger partial charge on any atom is 0.220 e. The summed E-state index contributed by atoms with van der Waals surface area (Å²) in [5, 5.41) is 6.44. The van der Waals surface area contributed by atoms with Crippen LogP contribution >= 0.6 is 12.4 Å². The van der Waals surface area contributed by atoms with Crippen LogP contribution in [0.25, 0.3) is 0 Å². The average molecular weight is 311 g/mol. The largest absolute Gasteiger partial charge is 0.350 e. The van der Waals surface area contributed by atoms with Gasteiger partial charge in [-0.05, 0) is 56.3 Å². The Morgan fingerprint density at radius 3 is 2.67 bits per heavy atom. The summed E-state index contributed by atoms with van der Waals surface area (Å²) in [6.45, 7) is 6.38. The van der Waals surface area contributed by atoms with E-state index >= 15 is 0 Å². The van der Waals surface area contributed by atoms with Gasteiger partial charge in [0.1, 0.15) is 0 Å². The minimum Gasteiger partial charge on any atom is -0.350 e. The van der Waals surface area contributed by atoms with Crippen molar-refractivity contribution in [2.75, 3.05) is 13.1 Å². The molecule has 1 aliphatic heterocycles. The molecule has 1 saturated heterocycles. The summed E-state index contributed by atoms with van der Waals surface area (Å²) < 4.78 is 0. The van der Waals surface area contributed by atoms with Crippen LogP contribution in [0.15, 0.2) is 24.3 Å². The first-order valence-corrected chi connectivity index (χ1v) is 7.78. The number of aryl methyl sites for hydroxylation is 1. The van der Waals surface area contributed by atoms with Crippen molar-refractivity contribution in [3.05, 3.63) is 35.4 Å². The van der Waals surface area contributed by atoms with E-state index < -0.39 is 0 Å². The van der Waals surface area contributed by atoms with Gasteiger partial charge in [-0.3, -0.25) is 4.79 Å². The van der Waals surface area contributed by atoms with E-state index in [2.05, 4.69) is 48.7 Å². The van der Waals surface area contributed by atoms with Crippen LogP contribution < -0.4 is 10.6 Å². The molecule has 118 valence electrons. The maximum atomic E-state index is 12.0. The molecule has 1 fully saturated rings. The minimum atomic E-state index is 0. The third-order valence-electron chi connectivity index (χ3n) is 4.21. The second-order valence-electron chi connectivity index (χ2n) is 5.78. The number of carbonyl (C=O) groups is 1. The van der Waals surface area contributed by atoms with Crippen molar-refractivity contribution in [3.63, 3.8) is 0 Å². The molecule has 1 aliphatic rings. The fourth-order valence-electron chi connectivity index (χ4n) is 2.74. The van der Waals surface area contributed by atoms with Gasteiger partial charge in [-0.1, -0.05) is 31.2 Å². The lowest BCUT2D eigenvalue weighted by atomic mass is 10.0. The van der Waals surface area contributed by atoms with Gasteiger partial charge >= 0.3 is 0 Å². The summed E-state index contributed by atoms with van der Waals surface area (Å²) >= 11 is 0. The van der Waals surface area contributed by atoms with Crippen molar-refractivity contribution in [1.82, 2.24) is 10.6 Å². The Hall–Kier alpha value is -1.06. The lowest BCUT2D eigenvalue weighted by molar-refractivity contribution is -0.122. The fraction of sp³-hybridized carbons (Fsp3) is 0.588. The Bertz CT molecular complexity index is 427. The molecule has 2 atom stereocenters. The van der Waals surface area contributed by atoms with E-state index in [0.29, 0.717) is 12.3 Å². The number of hydrogen-bond donors (Lipinski definition) is 2. The molecule has 3 nitrogen and oxygen atoms in total. The molecule has 1 heterocycles. The van der Waals surface area contributed by atoms with Gasteiger partial charge in [0.25, 0.3) is 0 Å². The summed E-state index contributed by atoms with van der Waals surface area (Å²) in [6.07, 6.45) is 3.90. The molecule has 4 heteroatoms. The maximum absolute atomic E-state index is 12.0. The molecule has 21 heavy (non-hydrogen) atoms. The first-order valence-electron chi connectivity index (χ1n) is 7.78. The minimum absolute atomic E-state index is 0. The Kier molecular flexibility index (Phi) is 7.76. The SMILES string of the molecule is CCc1ccc(C(C)NC(=O)CCC2CCNC2)cc1.Cl. The highest BCUT2D eigenvalue weighted by molar-refractivity contribution is 5.85. The van der Waals surface area contributed by atoms with Crippen LogP contribution in [0, 0.1) is 5.92 Å². The van der Waals surface area contributed by atoms with Gasteiger partial charge in [0, 0.05) is 6.42 Å². The van der Waals surface area contributed by atoms with Crippen LogP contribution in [0.1, 0.15) is 50.3 Å². The molecule has 0 bridgehead atoms. The van der Waals surface area contributed by atoms with E-state index in [-0.39, 0.29) is 24.4 Å². The topological polar surface area (TPSA) is 41.1 Å². The first-order chi connectivity index (χ1) is 9.69. The molecule has 1 amide bonds.